The van der Waals surface area contributed by atoms with E-state index in [0.29, 0.717) is 5.92 Å². The van der Waals surface area contributed by atoms with Crippen LogP contribution in [0, 0.1) is 5.92 Å². The summed E-state index contributed by atoms with van der Waals surface area (Å²) in [4.78, 5) is 1.09. The highest BCUT2D eigenvalue weighted by Crippen LogP contribution is 2.39. The molecule has 2 aromatic rings. The molecule has 2 aliphatic rings. The minimum atomic E-state index is -0.977. The molecular formula is C19H24BFN2O2S. The third-order valence-corrected chi connectivity index (χ3v) is 6.37. The first kappa shape index (κ1) is 18.0. The standard InChI is InChI=1S/C19H24BFN2O2S/c1-18(2)19(3,4)25-20(24-18)17(21)11-14-10-15(16-6-5-9-26-16)22-23(14)12-13-7-8-13/h5-6,9-11,13H,7-8,12H2,1-4H3. The third-order valence-electron chi connectivity index (χ3n) is 5.48. The van der Waals surface area contributed by atoms with Crippen LogP contribution in [0.2, 0.25) is 0 Å². The fourth-order valence-corrected chi connectivity index (χ4v) is 3.63. The normalized spacial score (nSPS) is 22.2. The number of hydrogen-bond donors (Lipinski definition) is 0. The van der Waals surface area contributed by atoms with Crippen molar-refractivity contribution in [2.24, 2.45) is 5.92 Å². The highest BCUT2D eigenvalue weighted by molar-refractivity contribution is 7.13. The molecular weight excluding hydrogens is 350 g/mol. The van der Waals surface area contributed by atoms with Crippen LogP contribution in [0.25, 0.3) is 16.6 Å². The van der Waals surface area contributed by atoms with Crippen molar-refractivity contribution in [1.82, 2.24) is 9.78 Å². The van der Waals surface area contributed by atoms with Gasteiger partial charge in [0, 0.05) is 6.54 Å². The van der Waals surface area contributed by atoms with Crippen LogP contribution in [0.15, 0.2) is 29.3 Å². The highest BCUT2D eigenvalue weighted by Gasteiger charge is 2.53. The van der Waals surface area contributed by atoms with Crippen LogP contribution in [0.3, 0.4) is 0 Å². The van der Waals surface area contributed by atoms with Crippen molar-refractivity contribution in [3.05, 3.63) is 35.0 Å². The first-order chi connectivity index (χ1) is 12.2. The lowest BCUT2D eigenvalue weighted by molar-refractivity contribution is 0.00578. The van der Waals surface area contributed by atoms with Crippen LogP contribution >= 0.6 is 11.3 Å². The van der Waals surface area contributed by atoms with Gasteiger partial charge in [-0.25, -0.2) is 4.39 Å². The number of rotatable bonds is 5. The Morgan fingerprint density at radius 1 is 1.35 bits per heavy atom. The monoisotopic (exact) mass is 374 g/mol. The predicted molar refractivity (Wildman–Crippen MR) is 103 cm³/mol. The van der Waals surface area contributed by atoms with Gasteiger partial charge in [-0.1, -0.05) is 6.07 Å². The molecule has 3 heterocycles. The molecule has 26 heavy (non-hydrogen) atoms. The second-order valence-electron chi connectivity index (χ2n) is 8.17. The van der Waals surface area contributed by atoms with Crippen LogP contribution < -0.4 is 0 Å². The Balaban J connectivity index is 1.63. The zero-order valence-corrected chi connectivity index (χ0v) is 16.5. The Hall–Kier alpha value is -1.44. The predicted octanol–water partition coefficient (Wildman–Crippen LogP) is 4.96. The molecule has 0 N–H and O–H groups in total. The molecule has 2 aromatic heterocycles. The summed E-state index contributed by atoms with van der Waals surface area (Å²) in [5.41, 5.74) is 0.109. The van der Waals surface area contributed by atoms with Crippen molar-refractivity contribution in [3.63, 3.8) is 0 Å². The molecule has 138 valence electrons. The average molecular weight is 374 g/mol. The average Bonchev–Trinajstić information content (AvgIpc) is 2.96. The molecule has 1 aliphatic carbocycles. The fourth-order valence-electron chi connectivity index (χ4n) is 2.95. The van der Waals surface area contributed by atoms with Gasteiger partial charge in [0.2, 0.25) is 0 Å². The molecule has 4 nitrogen and oxygen atoms in total. The molecule has 4 rings (SSSR count). The van der Waals surface area contributed by atoms with Crippen LogP contribution in [-0.2, 0) is 15.9 Å². The van der Waals surface area contributed by atoms with Gasteiger partial charge in [0.1, 0.15) is 11.4 Å². The molecule has 1 aliphatic heterocycles. The topological polar surface area (TPSA) is 36.3 Å². The van der Waals surface area contributed by atoms with Gasteiger partial charge < -0.3 is 9.31 Å². The largest absolute Gasteiger partial charge is 0.525 e. The number of nitrogens with zero attached hydrogens (tertiary/aromatic N) is 2. The molecule has 0 bridgehead atoms. The molecule has 0 atom stereocenters. The van der Waals surface area contributed by atoms with Crippen molar-refractivity contribution < 1.29 is 13.7 Å². The molecule has 1 saturated carbocycles. The molecule has 0 amide bonds. The Kier molecular flexibility index (Phi) is 4.37. The molecule has 1 saturated heterocycles. The molecule has 0 radical (unpaired) electrons. The molecule has 0 aromatic carbocycles. The van der Waals surface area contributed by atoms with Gasteiger partial charge in [0.05, 0.1) is 21.8 Å². The zero-order chi connectivity index (χ0) is 18.5. The van der Waals surface area contributed by atoms with E-state index in [-0.39, 0.29) is 0 Å². The molecule has 0 spiro atoms. The number of hydrogen-bond acceptors (Lipinski definition) is 4. The summed E-state index contributed by atoms with van der Waals surface area (Å²) in [6.45, 7) is 8.52. The van der Waals surface area contributed by atoms with E-state index in [9.17, 15) is 4.39 Å². The van der Waals surface area contributed by atoms with Gasteiger partial charge in [0.25, 0.3) is 0 Å². The highest BCUT2D eigenvalue weighted by atomic mass is 32.1. The minimum absolute atomic E-state index is 0.418. The summed E-state index contributed by atoms with van der Waals surface area (Å²) in [5, 5.41) is 6.73. The summed E-state index contributed by atoms with van der Waals surface area (Å²) in [5.74, 6) is 0.651. The lowest BCUT2D eigenvalue weighted by Gasteiger charge is -2.32. The van der Waals surface area contributed by atoms with Crippen LogP contribution in [0.1, 0.15) is 46.2 Å². The van der Waals surface area contributed by atoms with E-state index in [1.54, 1.807) is 11.3 Å². The second-order valence-corrected chi connectivity index (χ2v) is 9.12. The summed E-state index contributed by atoms with van der Waals surface area (Å²) >= 11 is 1.64. The van der Waals surface area contributed by atoms with E-state index in [1.807, 2.05) is 56.0 Å². The Labute approximate surface area is 158 Å². The maximum atomic E-state index is 14.9. The lowest BCUT2D eigenvalue weighted by atomic mass is 9.87. The van der Waals surface area contributed by atoms with Crippen molar-refractivity contribution in [3.8, 4) is 10.6 Å². The van der Waals surface area contributed by atoms with Crippen LogP contribution in [-0.4, -0.2) is 28.1 Å². The van der Waals surface area contributed by atoms with Crippen molar-refractivity contribution >= 4 is 24.5 Å². The number of thiophene rings is 1. The maximum Gasteiger partial charge on any atom is 0.525 e. The minimum Gasteiger partial charge on any atom is -0.398 e. The number of aromatic nitrogens is 2. The fraction of sp³-hybridized carbons (Fsp3) is 0.526. The summed E-state index contributed by atoms with van der Waals surface area (Å²) < 4.78 is 28.5. The smallest absolute Gasteiger partial charge is 0.398 e. The van der Waals surface area contributed by atoms with Crippen molar-refractivity contribution in [1.29, 1.82) is 0 Å². The zero-order valence-electron chi connectivity index (χ0n) is 15.7. The summed E-state index contributed by atoms with van der Waals surface area (Å²) in [6, 6.07) is 5.98. The van der Waals surface area contributed by atoms with E-state index in [4.69, 9.17) is 14.4 Å². The molecule has 2 fully saturated rings. The van der Waals surface area contributed by atoms with E-state index < -0.39 is 24.0 Å². The van der Waals surface area contributed by atoms with Crippen LogP contribution in [0.5, 0.6) is 0 Å². The lowest BCUT2D eigenvalue weighted by Crippen LogP contribution is -2.41. The van der Waals surface area contributed by atoms with Gasteiger partial charge in [-0.15, -0.1) is 11.3 Å². The summed E-state index contributed by atoms with van der Waals surface area (Å²) in [6.07, 6.45) is 3.95. The van der Waals surface area contributed by atoms with E-state index in [1.165, 1.54) is 18.9 Å². The Morgan fingerprint density at radius 2 is 2.04 bits per heavy atom. The summed E-state index contributed by atoms with van der Waals surface area (Å²) in [7, 11) is -0.977. The SMILES string of the molecule is CC1(C)OB(C(F)=Cc2cc(-c3cccs3)nn2CC2CC2)OC1(C)C. The second kappa shape index (κ2) is 6.32. The van der Waals surface area contributed by atoms with Gasteiger partial charge in [-0.05, 0) is 70.0 Å². The Bertz CT molecular complexity index is 809. The number of halogens is 1. The van der Waals surface area contributed by atoms with Gasteiger partial charge in [-0.3, -0.25) is 4.68 Å². The van der Waals surface area contributed by atoms with Gasteiger partial charge in [-0.2, -0.15) is 5.10 Å². The van der Waals surface area contributed by atoms with Crippen molar-refractivity contribution in [2.75, 3.05) is 0 Å². The van der Waals surface area contributed by atoms with Gasteiger partial charge in [0.15, 0.2) is 0 Å². The van der Waals surface area contributed by atoms with E-state index in [2.05, 4.69) is 0 Å². The molecule has 7 heteroatoms. The van der Waals surface area contributed by atoms with Gasteiger partial charge >= 0.3 is 7.12 Å². The molecule has 0 unspecified atom stereocenters. The first-order valence-electron chi connectivity index (χ1n) is 9.10. The third kappa shape index (κ3) is 3.40. The Morgan fingerprint density at radius 3 is 2.62 bits per heavy atom. The van der Waals surface area contributed by atoms with Crippen molar-refractivity contribution in [2.45, 2.75) is 58.3 Å². The quantitative estimate of drug-likeness (QED) is 0.694. The van der Waals surface area contributed by atoms with E-state index >= 15 is 0 Å². The maximum absolute atomic E-state index is 14.9. The van der Waals surface area contributed by atoms with E-state index in [0.717, 1.165) is 22.8 Å². The van der Waals surface area contributed by atoms with Crippen LogP contribution in [0.4, 0.5) is 4.39 Å². The first-order valence-corrected chi connectivity index (χ1v) is 9.98.